The molecule has 0 aromatic heterocycles. The van der Waals surface area contributed by atoms with Crippen LogP contribution in [-0.4, -0.2) is 86.5 Å². The first-order valence-electron chi connectivity index (χ1n) is 15.3. The minimum Gasteiger partial charge on any atom is -0.330 e. The molecule has 0 aromatic carbocycles. The van der Waals surface area contributed by atoms with Crippen LogP contribution in [-0.2, 0) is 38.4 Å². The standard InChI is InChI=1S/C16H28N2O4.C9H14N2O4.C4H11N.2CH4/c1-17-13-9-7-5-3-2-4-6-8-10-16(21)22-18-14(19)11-12-15(18)20;1-10-6-2-3-9(14)15-11-7(12)4-5-8(11)13;1-3-4-5-2;;/h17H,2-13H2,1H3;10H,2-6H2,1H3;5H,3-4H2,1-2H3;2*1H4. The molecule has 0 bridgehead atoms. The van der Waals surface area contributed by atoms with Crippen LogP contribution in [0, 0.1) is 0 Å². The molecule has 0 spiro atoms. The van der Waals surface area contributed by atoms with Crippen molar-refractivity contribution in [3.8, 4) is 0 Å². The summed E-state index contributed by atoms with van der Waals surface area (Å²) in [5, 5.41) is 10.2. The van der Waals surface area contributed by atoms with Gasteiger partial charge < -0.3 is 25.6 Å². The van der Waals surface area contributed by atoms with E-state index in [1.165, 1.54) is 38.5 Å². The van der Waals surface area contributed by atoms with Crippen molar-refractivity contribution in [2.24, 2.45) is 0 Å². The lowest BCUT2D eigenvalue weighted by molar-refractivity contribution is -0.197. The van der Waals surface area contributed by atoms with E-state index in [1.54, 1.807) is 7.05 Å². The summed E-state index contributed by atoms with van der Waals surface area (Å²) in [7, 11) is 5.71. The molecule has 2 heterocycles. The zero-order valence-corrected chi connectivity index (χ0v) is 26.1. The highest BCUT2D eigenvalue weighted by atomic mass is 16.7. The van der Waals surface area contributed by atoms with Gasteiger partial charge >= 0.3 is 11.9 Å². The Hall–Kier alpha value is -2.90. The fraction of sp³-hybridized carbons (Fsp3) is 0.806. The summed E-state index contributed by atoms with van der Waals surface area (Å²) in [5.74, 6) is -2.76. The van der Waals surface area contributed by atoms with E-state index in [-0.39, 0.29) is 53.4 Å². The van der Waals surface area contributed by atoms with Crippen LogP contribution in [0.3, 0.4) is 0 Å². The second kappa shape index (κ2) is 30.1. The second-order valence-corrected chi connectivity index (χ2v) is 10.1. The number of hydrogen-bond acceptors (Lipinski definition) is 11. The number of nitrogens with zero attached hydrogens (tertiary/aromatic N) is 2. The molecule has 4 amide bonds. The normalized spacial score (nSPS) is 13.7. The topological polar surface area (TPSA) is 163 Å². The van der Waals surface area contributed by atoms with E-state index in [1.807, 2.05) is 14.1 Å². The lowest BCUT2D eigenvalue weighted by Gasteiger charge is -2.12. The largest absolute Gasteiger partial charge is 0.333 e. The van der Waals surface area contributed by atoms with Gasteiger partial charge in [-0.15, -0.1) is 10.1 Å². The Bertz CT molecular complexity index is 791. The lowest BCUT2D eigenvalue weighted by Crippen LogP contribution is -2.32. The number of hydrogen-bond donors (Lipinski definition) is 3. The monoisotopic (exact) mass is 631 g/mol. The van der Waals surface area contributed by atoms with Crippen LogP contribution in [0.4, 0.5) is 0 Å². The van der Waals surface area contributed by atoms with Gasteiger partial charge in [-0.1, -0.05) is 60.3 Å². The van der Waals surface area contributed by atoms with E-state index >= 15 is 0 Å². The molecule has 0 saturated carbocycles. The van der Waals surface area contributed by atoms with Crippen LogP contribution in [0.25, 0.3) is 0 Å². The summed E-state index contributed by atoms with van der Waals surface area (Å²) in [6.07, 6.45) is 11.9. The molecular weight excluding hydrogens is 570 g/mol. The molecular formula is C31H61N5O8. The van der Waals surface area contributed by atoms with Crippen LogP contribution < -0.4 is 16.0 Å². The molecule has 3 N–H and O–H groups in total. The Labute approximate surface area is 265 Å². The number of carbonyl (C=O) groups is 6. The predicted molar refractivity (Wildman–Crippen MR) is 171 cm³/mol. The zero-order valence-electron chi connectivity index (χ0n) is 26.1. The average Bonchev–Trinajstić information content (AvgIpc) is 3.45. The van der Waals surface area contributed by atoms with E-state index in [2.05, 4.69) is 27.7 Å². The van der Waals surface area contributed by atoms with Crippen LogP contribution in [0.15, 0.2) is 0 Å². The third-order valence-electron chi connectivity index (χ3n) is 6.26. The maximum absolute atomic E-state index is 11.6. The van der Waals surface area contributed by atoms with Gasteiger partial charge in [0.05, 0.1) is 0 Å². The van der Waals surface area contributed by atoms with Crippen molar-refractivity contribution in [1.82, 2.24) is 26.1 Å². The Morgan fingerprint density at radius 1 is 0.545 bits per heavy atom. The SMILES string of the molecule is C.C.CCCNC.CNCCCC(=O)ON1C(=O)CCC1=O.CNCCCCCCCCCCC(=O)ON1C(=O)CCC1=O. The number of imide groups is 2. The van der Waals surface area contributed by atoms with E-state index < -0.39 is 35.6 Å². The first-order valence-corrected chi connectivity index (χ1v) is 15.3. The van der Waals surface area contributed by atoms with Crippen LogP contribution in [0.5, 0.6) is 0 Å². The molecule has 2 rings (SSSR count). The molecule has 2 saturated heterocycles. The summed E-state index contributed by atoms with van der Waals surface area (Å²) < 4.78 is 0. The Kier molecular flexibility index (Phi) is 31.2. The third-order valence-corrected chi connectivity index (χ3v) is 6.26. The zero-order chi connectivity index (χ0) is 31.6. The van der Waals surface area contributed by atoms with E-state index in [0.29, 0.717) is 23.1 Å². The lowest BCUT2D eigenvalue weighted by atomic mass is 10.1. The minimum absolute atomic E-state index is 0. The van der Waals surface area contributed by atoms with Gasteiger partial charge in [0.15, 0.2) is 0 Å². The highest BCUT2D eigenvalue weighted by Gasteiger charge is 2.33. The fourth-order valence-corrected chi connectivity index (χ4v) is 3.90. The summed E-state index contributed by atoms with van der Waals surface area (Å²) in [5.41, 5.74) is 0. The number of unbranched alkanes of at least 4 members (excludes halogenated alkanes) is 7. The van der Waals surface area contributed by atoms with Crippen LogP contribution >= 0.6 is 0 Å². The van der Waals surface area contributed by atoms with Crippen molar-refractivity contribution in [2.75, 3.05) is 40.8 Å². The van der Waals surface area contributed by atoms with Gasteiger partial charge in [-0.25, -0.2) is 9.59 Å². The van der Waals surface area contributed by atoms with Crippen LogP contribution in [0.2, 0.25) is 0 Å². The molecule has 0 unspecified atom stereocenters. The second-order valence-electron chi connectivity index (χ2n) is 10.1. The van der Waals surface area contributed by atoms with Gasteiger partial charge in [-0.05, 0) is 66.5 Å². The quantitative estimate of drug-likeness (QED) is 0.140. The number of amides is 4. The van der Waals surface area contributed by atoms with Gasteiger partial charge in [0.2, 0.25) is 0 Å². The van der Waals surface area contributed by atoms with E-state index in [0.717, 1.165) is 32.4 Å². The molecule has 2 aliphatic rings. The molecule has 0 atom stereocenters. The van der Waals surface area contributed by atoms with Crippen molar-refractivity contribution in [1.29, 1.82) is 0 Å². The molecule has 0 aliphatic carbocycles. The molecule has 2 aliphatic heterocycles. The van der Waals surface area contributed by atoms with Crippen molar-refractivity contribution in [3.05, 3.63) is 0 Å². The van der Waals surface area contributed by atoms with E-state index in [9.17, 15) is 28.8 Å². The number of carbonyl (C=O) groups excluding carboxylic acids is 6. The number of hydroxylamine groups is 4. The Morgan fingerprint density at radius 3 is 1.20 bits per heavy atom. The molecule has 13 nitrogen and oxygen atoms in total. The molecule has 0 aromatic rings. The van der Waals surface area contributed by atoms with E-state index in [4.69, 9.17) is 4.84 Å². The maximum atomic E-state index is 11.6. The molecule has 44 heavy (non-hydrogen) atoms. The van der Waals surface area contributed by atoms with Gasteiger partial charge in [0.1, 0.15) is 0 Å². The van der Waals surface area contributed by atoms with Crippen molar-refractivity contribution in [2.45, 2.75) is 125 Å². The first-order chi connectivity index (χ1) is 20.2. The highest BCUT2D eigenvalue weighted by molar-refractivity contribution is 6.02. The first kappa shape index (κ1) is 45.5. The summed E-state index contributed by atoms with van der Waals surface area (Å²) in [6.45, 7) is 5.07. The average molecular weight is 632 g/mol. The van der Waals surface area contributed by atoms with Gasteiger partial charge in [-0.3, -0.25) is 19.2 Å². The summed E-state index contributed by atoms with van der Waals surface area (Å²) >= 11 is 0. The molecule has 2 fully saturated rings. The molecule has 258 valence electrons. The van der Waals surface area contributed by atoms with Crippen molar-refractivity contribution >= 4 is 35.6 Å². The number of rotatable bonds is 19. The fourth-order valence-electron chi connectivity index (χ4n) is 3.90. The van der Waals surface area contributed by atoms with Gasteiger partial charge in [0, 0.05) is 38.5 Å². The van der Waals surface area contributed by atoms with Gasteiger partial charge in [-0.2, -0.15) is 0 Å². The smallest absolute Gasteiger partial charge is 0.330 e. The highest BCUT2D eigenvalue weighted by Crippen LogP contribution is 2.15. The maximum Gasteiger partial charge on any atom is 0.333 e. The minimum atomic E-state index is -0.547. The number of nitrogens with one attached hydrogen (secondary N) is 3. The van der Waals surface area contributed by atoms with Crippen molar-refractivity contribution < 1.29 is 38.4 Å². The van der Waals surface area contributed by atoms with Gasteiger partial charge in [0.25, 0.3) is 23.6 Å². The molecule has 0 radical (unpaired) electrons. The summed E-state index contributed by atoms with van der Waals surface area (Å²) in [6, 6.07) is 0. The Balaban J connectivity index is -0.000000664. The Morgan fingerprint density at radius 2 is 0.864 bits per heavy atom. The van der Waals surface area contributed by atoms with Crippen LogP contribution in [0.1, 0.15) is 125 Å². The predicted octanol–water partition coefficient (Wildman–Crippen LogP) is 3.81. The third kappa shape index (κ3) is 22.6. The van der Waals surface area contributed by atoms with Crippen molar-refractivity contribution in [3.63, 3.8) is 0 Å². The molecule has 13 heteroatoms. The summed E-state index contributed by atoms with van der Waals surface area (Å²) in [4.78, 5) is 76.9.